The van der Waals surface area contributed by atoms with E-state index < -0.39 is 29.7 Å². The van der Waals surface area contributed by atoms with E-state index in [9.17, 15) is 18.8 Å². The Morgan fingerprint density at radius 3 is 2.37 bits per heavy atom. The average molecular weight is 491 g/mol. The molecule has 35 heavy (non-hydrogen) atoms. The van der Waals surface area contributed by atoms with Crippen LogP contribution < -0.4 is 16.2 Å². The van der Waals surface area contributed by atoms with Crippen molar-refractivity contribution in [1.29, 1.82) is 0 Å². The molecule has 1 aromatic heterocycles. The first-order valence-corrected chi connectivity index (χ1v) is 11.0. The first kappa shape index (κ1) is 23.8. The number of hydrogen-bond acceptors (Lipinski definition) is 4. The van der Waals surface area contributed by atoms with Crippen LogP contribution in [0.3, 0.4) is 0 Å². The summed E-state index contributed by atoms with van der Waals surface area (Å²) in [6.45, 7) is 1.50. The minimum Gasteiger partial charge on any atom is -0.324 e. The van der Waals surface area contributed by atoms with Gasteiger partial charge < -0.3 is 10.6 Å². The molecule has 0 atom stereocenters. The Labute approximate surface area is 205 Å². The van der Waals surface area contributed by atoms with E-state index in [1.165, 1.54) is 18.2 Å². The van der Waals surface area contributed by atoms with Gasteiger partial charge in [-0.3, -0.25) is 14.4 Å². The maximum Gasteiger partial charge on any atom is 0.291 e. The van der Waals surface area contributed by atoms with E-state index in [1.807, 2.05) is 31.2 Å². The van der Waals surface area contributed by atoms with Gasteiger partial charge in [0.15, 0.2) is 0 Å². The van der Waals surface area contributed by atoms with Gasteiger partial charge in [0.2, 0.25) is 5.91 Å². The zero-order valence-electron chi connectivity index (χ0n) is 18.6. The molecule has 0 aliphatic rings. The van der Waals surface area contributed by atoms with Gasteiger partial charge in [-0.15, -0.1) is 0 Å². The molecular formula is C26H20ClFN4O3. The molecule has 0 saturated carbocycles. The summed E-state index contributed by atoms with van der Waals surface area (Å²) >= 11 is 5.77. The molecule has 1 heterocycles. The van der Waals surface area contributed by atoms with Gasteiger partial charge in [0.1, 0.15) is 18.0 Å². The van der Waals surface area contributed by atoms with Crippen LogP contribution in [0.1, 0.15) is 15.9 Å². The molecule has 0 saturated heterocycles. The third-order valence-electron chi connectivity index (χ3n) is 5.10. The van der Waals surface area contributed by atoms with Gasteiger partial charge in [0.25, 0.3) is 11.5 Å². The van der Waals surface area contributed by atoms with Crippen LogP contribution in [0.4, 0.5) is 15.8 Å². The van der Waals surface area contributed by atoms with Crippen molar-refractivity contribution in [3.8, 4) is 11.3 Å². The zero-order valence-corrected chi connectivity index (χ0v) is 19.3. The molecule has 176 valence electrons. The number of benzene rings is 3. The van der Waals surface area contributed by atoms with Gasteiger partial charge in [-0.1, -0.05) is 59.6 Å². The van der Waals surface area contributed by atoms with Crippen molar-refractivity contribution in [2.75, 3.05) is 10.6 Å². The highest BCUT2D eigenvalue weighted by Gasteiger charge is 2.16. The molecule has 0 bridgehead atoms. The van der Waals surface area contributed by atoms with Crippen LogP contribution in [0.15, 0.2) is 83.7 Å². The quantitative estimate of drug-likeness (QED) is 0.402. The second-order valence-electron chi connectivity index (χ2n) is 7.77. The predicted molar refractivity (Wildman–Crippen MR) is 133 cm³/mol. The van der Waals surface area contributed by atoms with Crippen LogP contribution >= 0.6 is 11.6 Å². The summed E-state index contributed by atoms with van der Waals surface area (Å²) in [5.41, 5.74) is 2.09. The van der Waals surface area contributed by atoms with Crippen LogP contribution in [0.5, 0.6) is 0 Å². The minimum absolute atomic E-state index is 0.0259. The standard InChI is InChI=1S/C26H20ClFN4O3/c1-16-7-9-17(10-8-16)22-14-23(30-25(34)18-5-3-2-4-6-18)26(35)32(31-22)15-24(33)29-19-11-12-21(28)20(27)13-19/h2-14H,15H2,1H3,(H,29,33)(H,30,34). The number of carbonyl (C=O) groups is 2. The first-order valence-electron chi connectivity index (χ1n) is 10.6. The van der Waals surface area contributed by atoms with Crippen molar-refractivity contribution in [3.05, 3.63) is 111 Å². The second-order valence-corrected chi connectivity index (χ2v) is 8.18. The van der Waals surface area contributed by atoms with E-state index >= 15 is 0 Å². The van der Waals surface area contributed by atoms with Crippen LogP contribution in [-0.4, -0.2) is 21.6 Å². The topological polar surface area (TPSA) is 93.1 Å². The molecule has 0 radical (unpaired) electrons. The van der Waals surface area contributed by atoms with Crippen molar-refractivity contribution in [2.24, 2.45) is 0 Å². The molecule has 7 nitrogen and oxygen atoms in total. The number of amides is 2. The van der Waals surface area contributed by atoms with Gasteiger partial charge in [-0.25, -0.2) is 9.07 Å². The first-order chi connectivity index (χ1) is 16.8. The van der Waals surface area contributed by atoms with Crippen LogP contribution in [0.2, 0.25) is 5.02 Å². The lowest BCUT2D eigenvalue weighted by Gasteiger charge is -2.12. The lowest BCUT2D eigenvalue weighted by atomic mass is 10.1. The molecule has 0 aliphatic carbocycles. The van der Waals surface area contributed by atoms with Crippen molar-refractivity contribution in [3.63, 3.8) is 0 Å². The molecule has 3 aromatic carbocycles. The van der Waals surface area contributed by atoms with Crippen molar-refractivity contribution in [1.82, 2.24) is 9.78 Å². The highest BCUT2D eigenvalue weighted by atomic mass is 35.5. The SMILES string of the molecule is Cc1ccc(-c2cc(NC(=O)c3ccccc3)c(=O)n(CC(=O)Nc3ccc(F)c(Cl)c3)n2)cc1. The Morgan fingerprint density at radius 1 is 0.971 bits per heavy atom. The van der Waals surface area contributed by atoms with E-state index in [1.54, 1.807) is 30.3 Å². The molecule has 2 N–H and O–H groups in total. The fraction of sp³-hybridized carbons (Fsp3) is 0.0769. The molecule has 0 spiro atoms. The third-order valence-corrected chi connectivity index (χ3v) is 5.39. The Bertz CT molecular complexity index is 1450. The lowest BCUT2D eigenvalue weighted by Crippen LogP contribution is -2.32. The highest BCUT2D eigenvalue weighted by molar-refractivity contribution is 6.31. The summed E-state index contributed by atoms with van der Waals surface area (Å²) in [6.07, 6.45) is 0. The number of halogens is 2. The molecule has 0 fully saturated rings. The summed E-state index contributed by atoms with van der Waals surface area (Å²) in [5, 5.41) is 9.37. The maximum atomic E-state index is 13.4. The molecular weight excluding hydrogens is 471 g/mol. The molecule has 0 unspecified atom stereocenters. The second kappa shape index (κ2) is 10.3. The number of nitrogens with one attached hydrogen (secondary N) is 2. The summed E-state index contributed by atoms with van der Waals surface area (Å²) in [6, 6.07) is 21.1. The fourth-order valence-electron chi connectivity index (χ4n) is 3.30. The summed E-state index contributed by atoms with van der Waals surface area (Å²) in [5.74, 6) is -1.67. The van der Waals surface area contributed by atoms with E-state index in [0.717, 1.165) is 16.3 Å². The number of carbonyl (C=O) groups excluding carboxylic acids is 2. The van der Waals surface area contributed by atoms with Crippen LogP contribution in [0.25, 0.3) is 11.3 Å². The normalized spacial score (nSPS) is 10.6. The number of nitrogens with zero attached hydrogens (tertiary/aromatic N) is 2. The Balaban J connectivity index is 1.67. The Kier molecular flexibility index (Phi) is 7.03. The van der Waals surface area contributed by atoms with Crippen LogP contribution in [0, 0.1) is 12.7 Å². The minimum atomic E-state index is -0.655. The number of aromatic nitrogens is 2. The van der Waals surface area contributed by atoms with E-state index in [4.69, 9.17) is 11.6 Å². The monoisotopic (exact) mass is 490 g/mol. The maximum absolute atomic E-state index is 13.4. The molecule has 0 aliphatic heterocycles. The number of aryl methyl sites for hydroxylation is 1. The van der Waals surface area contributed by atoms with Gasteiger partial charge in [0, 0.05) is 16.8 Å². The largest absolute Gasteiger partial charge is 0.324 e. The molecule has 4 rings (SSSR count). The third kappa shape index (κ3) is 5.80. The summed E-state index contributed by atoms with van der Waals surface area (Å²) in [7, 11) is 0. The Hall–Kier alpha value is -4.30. The van der Waals surface area contributed by atoms with Crippen molar-refractivity contribution >= 4 is 34.8 Å². The number of hydrogen-bond donors (Lipinski definition) is 2. The molecule has 9 heteroatoms. The van der Waals surface area contributed by atoms with Crippen molar-refractivity contribution < 1.29 is 14.0 Å². The van der Waals surface area contributed by atoms with E-state index in [0.29, 0.717) is 16.8 Å². The smallest absolute Gasteiger partial charge is 0.291 e. The van der Waals surface area contributed by atoms with Gasteiger partial charge >= 0.3 is 0 Å². The lowest BCUT2D eigenvalue weighted by molar-refractivity contribution is -0.117. The van der Waals surface area contributed by atoms with E-state index in [2.05, 4.69) is 15.7 Å². The average Bonchev–Trinajstić information content (AvgIpc) is 2.85. The summed E-state index contributed by atoms with van der Waals surface area (Å²) in [4.78, 5) is 38.4. The van der Waals surface area contributed by atoms with E-state index in [-0.39, 0.29) is 16.4 Å². The highest BCUT2D eigenvalue weighted by Crippen LogP contribution is 2.21. The van der Waals surface area contributed by atoms with Gasteiger partial charge in [-0.2, -0.15) is 5.10 Å². The number of rotatable bonds is 6. The zero-order chi connectivity index (χ0) is 24.9. The van der Waals surface area contributed by atoms with Crippen LogP contribution in [-0.2, 0) is 11.3 Å². The Morgan fingerprint density at radius 2 is 1.69 bits per heavy atom. The van der Waals surface area contributed by atoms with Crippen molar-refractivity contribution in [2.45, 2.75) is 13.5 Å². The molecule has 2 amide bonds. The van der Waals surface area contributed by atoms with Gasteiger partial charge in [0.05, 0.1) is 10.7 Å². The fourth-order valence-corrected chi connectivity index (χ4v) is 3.48. The molecule has 4 aromatic rings. The van der Waals surface area contributed by atoms with Gasteiger partial charge in [-0.05, 0) is 43.3 Å². The predicted octanol–water partition coefficient (Wildman–Crippen LogP) is 4.90. The number of anilines is 2. The summed E-state index contributed by atoms with van der Waals surface area (Å²) < 4.78 is 14.4.